The van der Waals surface area contributed by atoms with Gasteiger partial charge in [0.1, 0.15) is 29.5 Å². The molecule has 2 saturated heterocycles. The Balaban J connectivity index is 1.64. The molecular weight excluding hydrogens is 428 g/mol. The standard InChI is InChI=1S/C24H42N2O7/c1-15(2)9-10-18-23(3,33-18)20-19(29-4)17(11-12-24(20)14-31-24)32-22(28)26-16(21(27)30-5)8-6-7-13-25/h15-20H,6-14,25H2,1-5H3,(H,26,28)/t16?,17?,18-,19?,20?,23+,24+/m1/s1. The first-order valence-electron chi connectivity index (χ1n) is 12.3. The van der Waals surface area contributed by atoms with Crippen LogP contribution in [0.25, 0.3) is 0 Å². The average molecular weight is 471 g/mol. The number of hydrogen-bond acceptors (Lipinski definition) is 8. The minimum atomic E-state index is -0.766. The number of amides is 1. The molecular formula is C24H42N2O7. The van der Waals surface area contributed by atoms with Crippen LogP contribution in [-0.2, 0) is 28.5 Å². The van der Waals surface area contributed by atoms with Gasteiger partial charge in [-0.1, -0.05) is 13.8 Å². The van der Waals surface area contributed by atoms with Crippen LogP contribution in [0.1, 0.15) is 65.7 Å². The van der Waals surface area contributed by atoms with Crippen molar-refractivity contribution in [3.63, 3.8) is 0 Å². The molecule has 1 saturated carbocycles. The Hall–Kier alpha value is -1.42. The first-order chi connectivity index (χ1) is 15.7. The van der Waals surface area contributed by atoms with E-state index < -0.39 is 24.2 Å². The predicted molar refractivity (Wildman–Crippen MR) is 122 cm³/mol. The number of esters is 1. The molecule has 1 aliphatic carbocycles. The number of hydrogen-bond donors (Lipinski definition) is 2. The van der Waals surface area contributed by atoms with Crippen LogP contribution in [0.3, 0.4) is 0 Å². The number of methoxy groups -OCH3 is 2. The highest BCUT2D eigenvalue weighted by Gasteiger charge is 2.72. The molecule has 0 bridgehead atoms. The van der Waals surface area contributed by atoms with Crippen molar-refractivity contribution in [1.29, 1.82) is 0 Å². The summed E-state index contributed by atoms with van der Waals surface area (Å²) in [5.41, 5.74) is 4.91. The molecule has 2 heterocycles. The summed E-state index contributed by atoms with van der Waals surface area (Å²) in [6.45, 7) is 7.76. The van der Waals surface area contributed by atoms with Gasteiger partial charge in [-0.3, -0.25) is 0 Å². The molecule has 3 aliphatic rings. The number of ether oxygens (including phenoxy) is 5. The summed E-state index contributed by atoms with van der Waals surface area (Å²) >= 11 is 0. The molecule has 2 aliphatic heterocycles. The van der Waals surface area contributed by atoms with Crippen molar-refractivity contribution >= 4 is 12.1 Å². The van der Waals surface area contributed by atoms with E-state index in [1.54, 1.807) is 7.11 Å². The van der Waals surface area contributed by atoms with Gasteiger partial charge in [0, 0.05) is 7.11 Å². The van der Waals surface area contributed by atoms with Crippen LogP contribution in [0.2, 0.25) is 0 Å². The Morgan fingerprint density at radius 2 is 1.94 bits per heavy atom. The Morgan fingerprint density at radius 1 is 1.21 bits per heavy atom. The molecule has 1 spiro atoms. The molecule has 7 atom stereocenters. The number of rotatable bonds is 12. The summed E-state index contributed by atoms with van der Waals surface area (Å²) in [7, 11) is 2.95. The number of unbranched alkanes of at least 4 members (excludes halogenated alkanes) is 1. The van der Waals surface area contributed by atoms with Crippen LogP contribution in [-0.4, -0.2) is 75.0 Å². The van der Waals surface area contributed by atoms with E-state index in [2.05, 4.69) is 26.1 Å². The highest BCUT2D eigenvalue weighted by Crippen LogP contribution is 2.59. The third-order valence-electron chi connectivity index (χ3n) is 7.49. The summed E-state index contributed by atoms with van der Waals surface area (Å²) in [6.07, 6.45) is 4.12. The van der Waals surface area contributed by atoms with E-state index in [-0.39, 0.29) is 29.3 Å². The molecule has 33 heavy (non-hydrogen) atoms. The fourth-order valence-electron chi connectivity index (χ4n) is 5.47. The average Bonchev–Trinajstić information content (AvgIpc) is 3.69. The predicted octanol–water partition coefficient (Wildman–Crippen LogP) is 2.54. The summed E-state index contributed by atoms with van der Waals surface area (Å²) in [5, 5.41) is 2.67. The van der Waals surface area contributed by atoms with Crippen molar-refractivity contribution in [2.45, 2.75) is 101 Å². The lowest BCUT2D eigenvalue weighted by Crippen LogP contribution is -2.56. The number of alkyl carbamates (subject to hydrolysis) is 1. The normalized spacial score (nSPS) is 35.8. The van der Waals surface area contributed by atoms with Gasteiger partial charge in [0.15, 0.2) is 0 Å². The molecule has 4 unspecified atom stereocenters. The highest BCUT2D eigenvalue weighted by atomic mass is 16.6. The van der Waals surface area contributed by atoms with Gasteiger partial charge in [-0.15, -0.1) is 0 Å². The second-order valence-corrected chi connectivity index (χ2v) is 10.3. The zero-order valence-corrected chi connectivity index (χ0v) is 20.8. The molecule has 0 radical (unpaired) electrons. The molecule has 9 heteroatoms. The fourth-order valence-corrected chi connectivity index (χ4v) is 5.47. The van der Waals surface area contributed by atoms with Crippen LogP contribution in [0, 0.1) is 11.8 Å². The van der Waals surface area contributed by atoms with Gasteiger partial charge in [0.05, 0.1) is 25.7 Å². The smallest absolute Gasteiger partial charge is 0.408 e. The van der Waals surface area contributed by atoms with Gasteiger partial charge in [-0.2, -0.15) is 0 Å². The van der Waals surface area contributed by atoms with Crippen molar-refractivity contribution in [3.8, 4) is 0 Å². The van der Waals surface area contributed by atoms with E-state index in [4.69, 9.17) is 29.4 Å². The zero-order chi connectivity index (χ0) is 24.2. The lowest BCUT2D eigenvalue weighted by atomic mass is 9.68. The van der Waals surface area contributed by atoms with E-state index in [9.17, 15) is 9.59 Å². The van der Waals surface area contributed by atoms with Crippen molar-refractivity contribution in [2.24, 2.45) is 17.6 Å². The van der Waals surface area contributed by atoms with Crippen molar-refractivity contribution in [3.05, 3.63) is 0 Å². The fraction of sp³-hybridized carbons (Fsp3) is 0.917. The Labute approximate surface area is 197 Å². The van der Waals surface area contributed by atoms with Gasteiger partial charge in [-0.25, -0.2) is 9.59 Å². The van der Waals surface area contributed by atoms with E-state index >= 15 is 0 Å². The molecule has 9 nitrogen and oxygen atoms in total. The van der Waals surface area contributed by atoms with Crippen molar-refractivity contribution in [1.82, 2.24) is 5.32 Å². The number of epoxide rings is 2. The van der Waals surface area contributed by atoms with E-state index in [1.807, 2.05) is 0 Å². The molecule has 0 aromatic rings. The second-order valence-electron chi connectivity index (χ2n) is 10.3. The lowest BCUT2D eigenvalue weighted by molar-refractivity contribution is -0.143. The maximum atomic E-state index is 12.7. The molecule has 3 N–H and O–H groups in total. The second kappa shape index (κ2) is 10.9. The first-order valence-corrected chi connectivity index (χ1v) is 12.3. The van der Waals surface area contributed by atoms with Crippen LogP contribution < -0.4 is 11.1 Å². The first kappa shape index (κ1) is 26.2. The third kappa shape index (κ3) is 5.99. The van der Waals surface area contributed by atoms with E-state index in [0.717, 1.165) is 25.7 Å². The molecule has 190 valence electrons. The summed E-state index contributed by atoms with van der Waals surface area (Å²) in [5.74, 6) is 0.0900. The minimum absolute atomic E-state index is 0.0281. The van der Waals surface area contributed by atoms with Gasteiger partial charge < -0.3 is 34.7 Å². The third-order valence-corrected chi connectivity index (χ3v) is 7.49. The lowest BCUT2D eigenvalue weighted by Gasteiger charge is -2.42. The zero-order valence-electron chi connectivity index (χ0n) is 20.8. The largest absolute Gasteiger partial charge is 0.467 e. The van der Waals surface area contributed by atoms with Gasteiger partial charge in [-0.05, 0) is 64.3 Å². The quantitative estimate of drug-likeness (QED) is 0.253. The monoisotopic (exact) mass is 470 g/mol. The Kier molecular flexibility index (Phi) is 8.64. The number of carbonyl (C=O) groups is 2. The molecule has 3 fully saturated rings. The van der Waals surface area contributed by atoms with Gasteiger partial charge in [0.25, 0.3) is 0 Å². The number of carbonyl (C=O) groups excluding carboxylic acids is 2. The molecule has 1 amide bonds. The van der Waals surface area contributed by atoms with Gasteiger partial charge >= 0.3 is 12.1 Å². The minimum Gasteiger partial charge on any atom is -0.467 e. The topological polar surface area (TPSA) is 125 Å². The van der Waals surface area contributed by atoms with Crippen molar-refractivity contribution < 1.29 is 33.3 Å². The van der Waals surface area contributed by atoms with Crippen LogP contribution in [0.4, 0.5) is 4.79 Å². The summed E-state index contributed by atoms with van der Waals surface area (Å²) < 4.78 is 28.8. The maximum absolute atomic E-state index is 12.7. The van der Waals surface area contributed by atoms with Crippen molar-refractivity contribution in [2.75, 3.05) is 27.4 Å². The van der Waals surface area contributed by atoms with Gasteiger partial charge in [0.2, 0.25) is 0 Å². The molecule has 0 aromatic carbocycles. The maximum Gasteiger partial charge on any atom is 0.408 e. The number of nitrogens with two attached hydrogens (primary N) is 1. The Bertz CT molecular complexity index is 684. The summed E-state index contributed by atoms with van der Waals surface area (Å²) in [6, 6.07) is -0.766. The number of nitrogens with one attached hydrogen (secondary N) is 1. The molecule has 3 rings (SSSR count). The van der Waals surface area contributed by atoms with Crippen LogP contribution in [0.15, 0.2) is 0 Å². The van der Waals surface area contributed by atoms with Crippen LogP contribution in [0.5, 0.6) is 0 Å². The van der Waals surface area contributed by atoms with Crippen LogP contribution >= 0.6 is 0 Å². The molecule has 0 aromatic heterocycles. The van der Waals surface area contributed by atoms with E-state index in [0.29, 0.717) is 38.3 Å². The van der Waals surface area contributed by atoms with E-state index in [1.165, 1.54) is 7.11 Å². The SMILES string of the molecule is COC(=O)C(CCCCN)NC(=O)OC1CC[C@]2(CO2)C([C@@]2(C)O[C@@H]2CCC(C)C)C1OC. The summed E-state index contributed by atoms with van der Waals surface area (Å²) in [4.78, 5) is 24.8. The Morgan fingerprint density at radius 3 is 2.52 bits per heavy atom. The highest BCUT2D eigenvalue weighted by molar-refractivity contribution is 5.81.